The van der Waals surface area contributed by atoms with Gasteiger partial charge in [-0.05, 0) is 70.1 Å². The third-order valence-electron chi connectivity index (χ3n) is 13.9. The monoisotopic (exact) mass is 1060 g/mol. The molecule has 15 atom stereocenters. The fourth-order valence-electron chi connectivity index (χ4n) is 9.39. The van der Waals surface area contributed by atoms with Gasteiger partial charge >= 0.3 is 0 Å². The Morgan fingerprint density at radius 2 is 1.24 bits per heavy atom. The number of phenols is 1. The summed E-state index contributed by atoms with van der Waals surface area (Å²) in [7, 11) is 0. The standard InChI is InChI=1S/C52H81N7O16/c1-5-6-7-8-9-10-11-12-13-14-15-16-17-18-19-20-38(65)53-35-26-37(64)48(71)57-50(73)42-43(66)29(2)27-59(42)52(75)40(31(4)61)55-49(72)41(45(68)44(67)32-21-23-33(62)24-22-32)56-47(70)36-25-34(63)28-58(36)51(74)39(30(3)60)54-46(35)69/h9-10,12-13,21-24,29-31,34-37,39-45,48,60-64,66-68,71H,5-8,11,14-20,25-28H2,1-4H3,(H,53,65)(H,54,69)(H,55,72)(H,56,70)(H,57,73)/b10-9-,13-12-/t29-,30+,31+,34+,35-,36-,37+,39-,40-,41-,42+,43-,44-,45-,48+/m0/s1. The highest BCUT2D eigenvalue weighted by atomic mass is 16.3. The molecule has 0 bridgehead atoms. The number of aromatic hydroxyl groups is 1. The molecule has 23 heteroatoms. The zero-order chi connectivity index (χ0) is 55.5. The summed E-state index contributed by atoms with van der Waals surface area (Å²) in [4.78, 5) is 100. The summed E-state index contributed by atoms with van der Waals surface area (Å²) >= 11 is 0. The SMILES string of the molecule is CCCCC/C=C\C/C=C\CCCCCCCC(=O)N[C@H]1C[C@@H](O)[C@@H](O)NC(=O)[C@H]2[C@@H](O)[C@@H](C)CN2C(=O)[C@H]([C@@H](C)O)NC(=O)[C@H]([C@H](O)[C@@H](O)c2ccc(O)cc2)NC(=O)[C@@H]2C[C@@H](O)CN2C(=O)[C@H]([C@@H](C)O)NC1=O. The van der Waals surface area contributed by atoms with E-state index in [2.05, 4.69) is 57.8 Å². The van der Waals surface area contributed by atoms with Crippen molar-refractivity contribution < 1.29 is 79.5 Å². The molecule has 3 aliphatic rings. The van der Waals surface area contributed by atoms with E-state index in [4.69, 9.17) is 0 Å². The van der Waals surface area contributed by atoms with E-state index >= 15 is 0 Å². The Hall–Kier alpha value is -5.53. The molecular weight excluding hydrogens is 979 g/mol. The minimum atomic E-state index is -2.27. The van der Waals surface area contributed by atoms with Gasteiger partial charge in [-0.3, -0.25) is 33.6 Å². The highest BCUT2D eigenvalue weighted by Gasteiger charge is 2.50. The number of amides is 7. The van der Waals surface area contributed by atoms with Crippen LogP contribution < -0.4 is 26.6 Å². The lowest BCUT2D eigenvalue weighted by Crippen LogP contribution is -2.64. The number of allylic oxidation sites excluding steroid dienone is 4. The highest BCUT2D eigenvalue weighted by molar-refractivity contribution is 5.98. The van der Waals surface area contributed by atoms with Crippen molar-refractivity contribution in [2.45, 2.75) is 203 Å². The van der Waals surface area contributed by atoms with E-state index in [1.54, 1.807) is 0 Å². The molecule has 3 aliphatic heterocycles. The average Bonchev–Trinajstić information content (AvgIpc) is 3.91. The molecule has 3 fully saturated rings. The first-order chi connectivity index (χ1) is 35.6. The molecule has 4 rings (SSSR count). The summed E-state index contributed by atoms with van der Waals surface area (Å²) < 4.78 is 0. The van der Waals surface area contributed by atoms with Gasteiger partial charge in [0, 0.05) is 38.3 Å². The Labute approximate surface area is 437 Å². The van der Waals surface area contributed by atoms with Gasteiger partial charge in [0.05, 0.1) is 24.4 Å². The molecule has 0 aromatic heterocycles. The predicted octanol–water partition coefficient (Wildman–Crippen LogP) is -1.33. The summed E-state index contributed by atoms with van der Waals surface area (Å²) in [6, 6.07) is -6.61. The number of carbonyl (C=O) groups excluding carboxylic acids is 7. The zero-order valence-corrected chi connectivity index (χ0v) is 43.4. The highest BCUT2D eigenvalue weighted by Crippen LogP contribution is 2.28. The zero-order valence-electron chi connectivity index (χ0n) is 43.4. The van der Waals surface area contributed by atoms with Crippen molar-refractivity contribution in [3.63, 3.8) is 0 Å². The van der Waals surface area contributed by atoms with Crippen LogP contribution in [-0.4, -0.2) is 189 Å². The van der Waals surface area contributed by atoms with Gasteiger partial charge < -0.3 is 82.3 Å². The number of fused-ring (bicyclic) bond motifs is 2. The van der Waals surface area contributed by atoms with Crippen molar-refractivity contribution in [2.24, 2.45) is 5.92 Å². The Morgan fingerprint density at radius 1 is 0.680 bits per heavy atom. The van der Waals surface area contributed by atoms with Crippen LogP contribution in [-0.2, 0) is 33.6 Å². The maximum Gasteiger partial charge on any atom is 0.248 e. The number of carbonyl (C=O) groups is 7. The fourth-order valence-corrected chi connectivity index (χ4v) is 9.39. The third-order valence-corrected chi connectivity index (χ3v) is 13.9. The van der Waals surface area contributed by atoms with Crippen molar-refractivity contribution in [1.29, 1.82) is 0 Å². The van der Waals surface area contributed by atoms with E-state index in [0.717, 1.165) is 74.3 Å². The van der Waals surface area contributed by atoms with Crippen molar-refractivity contribution in [3.05, 3.63) is 54.1 Å². The number of hydrogen-bond acceptors (Lipinski definition) is 16. The fraction of sp³-hybridized carbons (Fsp3) is 0.673. The molecule has 1 aromatic rings. The quantitative estimate of drug-likeness (QED) is 0.0531. The van der Waals surface area contributed by atoms with E-state index in [0.29, 0.717) is 12.8 Å². The van der Waals surface area contributed by atoms with Crippen molar-refractivity contribution in [1.82, 2.24) is 36.4 Å². The van der Waals surface area contributed by atoms with Crippen LogP contribution in [0.25, 0.3) is 0 Å². The summed E-state index contributed by atoms with van der Waals surface area (Å²) in [5.74, 6) is -8.97. The van der Waals surface area contributed by atoms with Crippen LogP contribution in [0.15, 0.2) is 48.6 Å². The van der Waals surface area contributed by atoms with Gasteiger partial charge in [0.2, 0.25) is 41.4 Å². The van der Waals surface area contributed by atoms with Gasteiger partial charge in [0.1, 0.15) is 60.3 Å². The van der Waals surface area contributed by atoms with Gasteiger partial charge in [-0.15, -0.1) is 0 Å². The van der Waals surface area contributed by atoms with Crippen LogP contribution in [0.4, 0.5) is 0 Å². The van der Waals surface area contributed by atoms with Gasteiger partial charge in [-0.25, -0.2) is 0 Å². The number of nitrogens with one attached hydrogen (secondary N) is 5. The number of aliphatic hydroxyl groups excluding tert-OH is 8. The third kappa shape index (κ3) is 18.0. The molecule has 75 heavy (non-hydrogen) atoms. The average molecular weight is 1060 g/mol. The molecule has 3 heterocycles. The number of unbranched alkanes of at least 4 members (excludes halogenated alkanes) is 8. The largest absolute Gasteiger partial charge is 0.508 e. The van der Waals surface area contributed by atoms with Gasteiger partial charge in [-0.1, -0.05) is 82.4 Å². The first-order valence-electron chi connectivity index (χ1n) is 26.2. The molecular formula is C52H81N7O16. The second-order valence-electron chi connectivity index (χ2n) is 20.1. The molecule has 0 aliphatic carbocycles. The number of nitrogens with zero attached hydrogens (tertiary/aromatic N) is 2. The van der Waals surface area contributed by atoms with Crippen molar-refractivity contribution in [3.8, 4) is 5.75 Å². The molecule has 0 spiro atoms. The van der Waals surface area contributed by atoms with E-state index < -0.39 is 152 Å². The summed E-state index contributed by atoms with van der Waals surface area (Å²) in [5.41, 5.74) is -0.0614. The normalized spacial score (nSPS) is 29.4. The van der Waals surface area contributed by atoms with E-state index in [9.17, 15) is 79.5 Å². The Bertz CT molecular complexity index is 2110. The molecule has 420 valence electrons. The van der Waals surface area contributed by atoms with E-state index in [1.165, 1.54) is 38.3 Å². The van der Waals surface area contributed by atoms with Gasteiger partial charge in [0.15, 0.2) is 6.23 Å². The lowest BCUT2D eigenvalue weighted by molar-refractivity contribution is -0.148. The maximum absolute atomic E-state index is 14.3. The molecule has 0 unspecified atom stereocenters. The second kappa shape index (κ2) is 30.3. The minimum Gasteiger partial charge on any atom is -0.508 e. The predicted molar refractivity (Wildman–Crippen MR) is 271 cm³/mol. The van der Waals surface area contributed by atoms with Crippen molar-refractivity contribution >= 4 is 41.4 Å². The number of aliphatic hydroxyl groups is 8. The van der Waals surface area contributed by atoms with Crippen LogP contribution in [0.1, 0.15) is 129 Å². The first-order valence-corrected chi connectivity index (χ1v) is 26.2. The van der Waals surface area contributed by atoms with Crippen LogP contribution in [0.3, 0.4) is 0 Å². The second-order valence-corrected chi connectivity index (χ2v) is 20.1. The molecule has 3 saturated heterocycles. The first kappa shape index (κ1) is 62.0. The summed E-state index contributed by atoms with van der Waals surface area (Å²) in [5, 5.41) is 110. The van der Waals surface area contributed by atoms with Crippen molar-refractivity contribution in [2.75, 3.05) is 13.1 Å². The smallest absolute Gasteiger partial charge is 0.248 e. The molecule has 23 nitrogen and oxygen atoms in total. The lowest BCUT2D eigenvalue weighted by atomic mass is 9.96. The lowest BCUT2D eigenvalue weighted by Gasteiger charge is -2.34. The Kier molecular flexibility index (Phi) is 25.0. The number of hydrogen-bond donors (Lipinski definition) is 14. The number of benzene rings is 1. The van der Waals surface area contributed by atoms with Crippen LogP contribution in [0.5, 0.6) is 5.75 Å². The van der Waals surface area contributed by atoms with E-state index in [1.807, 2.05) is 0 Å². The summed E-state index contributed by atoms with van der Waals surface area (Å²) in [6.07, 6.45) is 2.50. The van der Waals surface area contributed by atoms with Crippen LogP contribution in [0.2, 0.25) is 0 Å². The minimum absolute atomic E-state index is 0.0614. The van der Waals surface area contributed by atoms with Crippen LogP contribution in [0, 0.1) is 5.92 Å². The van der Waals surface area contributed by atoms with Crippen LogP contribution >= 0.6 is 0 Å². The Balaban J connectivity index is 1.62. The number of rotatable bonds is 20. The topological polar surface area (TPSA) is 368 Å². The maximum atomic E-state index is 14.3. The molecule has 14 N–H and O–H groups in total. The Morgan fingerprint density at radius 3 is 1.85 bits per heavy atom. The molecule has 1 aromatic carbocycles. The summed E-state index contributed by atoms with van der Waals surface area (Å²) in [6.45, 7) is 4.97. The molecule has 0 radical (unpaired) electrons. The van der Waals surface area contributed by atoms with Gasteiger partial charge in [-0.2, -0.15) is 0 Å². The number of phenolic OH excluding ortho intramolecular Hbond substituents is 1. The van der Waals surface area contributed by atoms with Gasteiger partial charge in [0.25, 0.3) is 0 Å². The molecule has 7 amide bonds. The van der Waals surface area contributed by atoms with E-state index in [-0.39, 0.29) is 24.3 Å². The molecule has 0 saturated carbocycles.